The number of aliphatic carboxylic acids is 1. The number of nitrogens with one attached hydrogen (secondary N) is 1. The molecule has 1 aromatic rings. The molecule has 0 aromatic heterocycles. The smallest absolute Gasteiger partial charge is 0.493 e. The summed E-state index contributed by atoms with van der Waals surface area (Å²) < 4.78 is 46.3. The zero-order chi connectivity index (χ0) is 14.9. The number of hydrogen-bond donors (Lipinski definition) is 2. The number of ether oxygens (including phenoxy) is 2. The highest BCUT2D eigenvalue weighted by atomic mass is 19.4. The van der Waals surface area contributed by atoms with Gasteiger partial charge in [0.15, 0.2) is 11.5 Å². The molecule has 110 valence electrons. The molecule has 2 N–H and O–H groups in total. The predicted octanol–water partition coefficient (Wildman–Crippen LogP) is 1.69. The number of methoxy groups -OCH3 is 1. The fourth-order valence-electron chi connectivity index (χ4n) is 2.11. The lowest BCUT2D eigenvalue weighted by Crippen LogP contribution is -2.42. The highest BCUT2D eigenvalue weighted by molar-refractivity contribution is 5.75. The zero-order valence-electron chi connectivity index (χ0n) is 10.5. The molecule has 8 heteroatoms. The molecule has 20 heavy (non-hydrogen) atoms. The standard InChI is InChI=1S/C12H12F3NO4/c1-19-9-3-2-6-5-16-8(11(17)18)4-7(6)10(9)20-12(13,14)15/h2-3,8,16H,4-5H2,1H3,(H,17,18)/t8-/m0/s1. The third-order valence-corrected chi connectivity index (χ3v) is 3.00. The molecule has 1 atom stereocenters. The number of benzene rings is 1. The molecule has 0 aliphatic carbocycles. The average Bonchev–Trinajstić information content (AvgIpc) is 2.37. The van der Waals surface area contributed by atoms with Crippen molar-refractivity contribution >= 4 is 5.97 Å². The summed E-state index contributed by atoms with van der Waals surface area (Å²) in [6.07, 6.45) is -4.97. The zero-order valence-corrected chi connectivity index (χ0v) is 10.5. The molecule has 0 bridgehead atoms. The predicted molar refractivity (Wildman–Crippen MR) is 61.6 cm³/mol. The third-order valence-electron chi connectivity index (χ3n) is 3.00. The Morgan fingerprint density at radius 1 is 1.45 bits per heavy atom. The van der Waals surface area contributed by atoms with Crippen LogP contribution in [-0.4, -0.2) is 30.6 Å². The Labute approximate surface area is 112 Å². The summed E-state index contributed by atoms with van der Waals surface area (Å²) >= 11 is 0. The lowest BCUT2D eigenvalue weighted by Gasteiger charge is -2.26. The molecule has 1 aliphatic heterocycles. The number of alkyl halides is 3. The van der Waals surface area contributed by atoms with Crippen molar-refractivity contribution in [3.8, 4) is 11.5 Å². The summed E-state index contributed by atoms with van der Waals surface area (Å²) in [6.45, 7) is 0.157. The summed E-state index contributed by atoms with van der Waals surface area (Å²) in [5.74, 6) is -1.67. The van der Waals surface area contributed by atoms with Crippen molar-refractivity contribution in [1.82, 2.24) is 5.32 Å². The monoisotopic (exact) mass is 291 g/mol. The Morgan fingerprint density at radius 3 is 2.70 bits per heavy atom. The summed E-state index contributed by atoms with van der Waals surface area (Å²) in [4.78, 5) is 11.0. The van der Waals surface area contributed by atoms with E-state index in [4.69, 9.17) is 9.84 Å². The number of carboxylic acids is 1. The highest BCUT2D eigenvalue weighted by Gasteiger charge is 2.36. The first kappa shape index (κ1) is 14.4. The Kier molecular flexibility index (Phi) is 3.76. The van der Waals surface area contributed by atoms with Crippen molar-refractivity contribution in [2.75, 3.05) is 7.11 Å². The molecule has 0 spiro atoms. The van der Waals surface area contributed by atoms with Crippen molar-refractivity contribution in [1.29, 1.82) is 0 Å². The number of fused-ring (bicyclic) bond motifs is 1. The molecule has 1 heterocycles. The molecule has 0 radical (unpaired) electrons. The van der Waals surface area contributed by atoms with Gasteiger partial charge in [-0.2, -0.15) is 0 Å². The van der Waals surface area contributed by atoms with Gasteiger partial charge in [-0.1, -0.05) is 6.07 Å². The number of carbonyl (C=O) groups is 1. The molecular weight excluding hydrogens is 279 g/mol. The minimum absolute atomic E-state index is 0.0767. The van der Waals surface area contributed by atoms with Crippen molar-refractivity contribution in [3.63, 3.8) is 0 Å². The maximum atomic E-state index is 12.5. The van der Waals surface area contributed by atoms with Crippen molar-refractivity contribution in [3.05, 3.63) is 23.3 Å². The van der Waals surface area contributed by atoms with Crippen LogP contribution in [-0.2, 0) is 17.8 Å². The summed E-state index contributed by atoms with van der Waals surface area (Å²) in [6, 6.07) is 2.00. The topological polar surface area (TPSA) is 67.8 Å². The summed E-state index contributed by atoms with van der Waals surface area (Å²) in [7, 11) is 1.22. The number of halogens is 3. The molecule has 0 saturated heterocycles. The van der Waals surface area contributed by atoms with Gasteiger partial charge in [-0.3, -0.25) is 4.79 Å². The van der Waals surface area contributed by atoms with Gasteiger partial charge in [-0.15, -0.1) is 13.2 Å². The van der Waals surface area contributed by atoms with Crippen molar-refractivity contribution < 1.29 is 32.5 Å². The van der Waals surface area contributed by atoms with E-state index in [0.29, 0.717) is 5.56 Å². The molecule has 1 aliphatic rings. The maximum Gasteiger partial charge on any atom is 0.573 e. The number of rotatable bonds is 3. The molecule has 1 aromatic carbocycles. The van der Waals surface area contributed by atoms with Gasteiger partial charge in [0.05, 0.1) is 7.11 Å². The molecule has 2 rings (SSSR count). The number of carboxylic acid groups (broad SMARTS) is 1. The van der Waals surface area contributed by atoms with Crippen molar-refractivity contribution in [2.45, 2.75) is 25.4 Å². The van der Waals surface area contributed by atoms with E-state index in [1.54, 1.807) is 6.07 Å². The van der Waals surface area contributed by atoms with Crippen LogP contribution < -0.4 is 14.8 Å². The molecular formula is C12H12F3NO4. The Bertz CT molecular complexity index is 530. The first-order valence-electron chi connectivity index (χ1n) is 5.72. The van der Waals surface area contributed by atoms with E-state index in [1.807, 2.05) is 0 Å². The maximum absolute atomic E-state index is 12.5. The molecule has 0 fully saturated rings. The molecule has 0 unspecified atom stereocenters. The minimum Gasteiger partial charge on any atom is -0.493 e. The van der Waals surface area contributed by atoms with Crippen LogP contribution >= 0.6 is 0 Å². The van der Waals surface area contributed by atoms with Crippen LogP contribution in [0.5, 0.6) is 11.5 Å². The van der Waals surface area contributed by atoms with Gasteiger partial charge in [0, 0.05) is 18.5 Å². The Hall–Kier alpha value is -1.96. The van der Waals surface area contributed by atoms with Gasteiger partial charge >= 0.3 is 12.3 Å². The van der Waals surface area contributed by atoms with Crippen LogP contribution in [0.1, 0.15) is 11.1 Å². The van der Waals surface area contributed by atoms with Gasteiger partial charge in [0.1, 0.15) is 6.04 Å². The van der Waals surface area contributed by atoms with Gasteiger partial charge in [0.2, 0.25) is 0 Å². The van der Waals surface area contributed by atoms with E-state index in [0.717, 1.165) is 0 Å². The largest absolute Gasteiger partial charge is 0.573 e. The first-order chi connectivity index (χ1) is 9.31. The lowest BCUT2D eigenvalue weighted by molar-refractivity contribution is -0.275. The minimum atomic E-state index is -4.87. The fourth-order valence-corrected chi connectivity index (χ4v) is 2.11. The summed E-state index contributed by atoms with van der Waals surface area (Å²) in [5, 5.41) is 11.7. The van der Waals surface area contributed by atoms with Crippen LogP contribution in [0.4, 0.5) is 13.2 Å². The second kappa shape index (κ2) is 5.20. The quantitative estimate of drug-likeness (QED) is 0.887. The average molecular weight is 291 g/mol. The van der Waals surface area contributed by atoms with Crippen LogP contribution in [0.2, 0.25) is 0 Å². The van der Waals surface area contributed by atoms with Crippen molar-refractivity contribution in [2.24, 2.45) is 0 Å². The van der Waals surface area contributed by atoms with Gasteiger partial charge < -0.3 is 19.9 Å². The van der Waals surface area contributed by atoms with Gasteiger partial charge in [-0.05, 0) is 11.6 Å². The van der Waals surface area contributed by atoms with E-state index >= 15 is 0 Å². The second-order valence-electron chi connectivity index (χ2n) is 4.26. The SMILES string of the molecule is COc1ccc2c(c1OC(F)(F)F)C[C@@H](C(=O)O)NC2. The Morgan fingerprint density at radius 2 is 2.15 bits per heavy atom. The van der Waals surface area contributed by atoms with Crippen LogP contribution in [0.3, 0.4) is 0 Å². The van der Waals surface area contributed by atoms with E-state index < -0.39 is 24.1 Å². The lowest BCUT2D eigenvalue weighted by atomic mass is 9.94. The normalized spacial score (nSPS) is 18.3. The molecule has 5 nitrogen and oxygen atoms in total. The van der Waals surface area contributed by atoms with Crippen LogP contribution in [0.25, 0.3) is 0 Å². The van der Waals surface area contributed by atoms with Crippen LogP contribution in [0.15, 0.2) is 12.1 Å². The first-order valence-corrected chi connectivity index (χ1v) is 5.72. The number of hydrogen-bond acceptors (Lipinski definition) is 4. The van der Waals surface area contributed by atoms with E-state index in [1.165, 1.54) is 13.2 Å². The molecule has 0 amide bonds. The van der Waals surface area contributed by atoms with Gasteiger partial charge in [0.25, 0.3) is 0 Å². The van der Waals surface area contributed by atoms with Gasteiger partial charge in [-0.25, -0.2) is 0 Å². The fraction of sp³-hybridized carbons (Fsp3) is 0.417. The third kappa shape index (κ3) is 2.96. The van der Waals surface area contributed by atoms with E-state index in [9.17, 15) is 18.0 Å². The molecule has 0 saturated carbocycles. The van der Waals surface area contributed by atoms with Crippen LogP contribution in [0, 0.1) is 0 Å². The van der Waals surface area contributed by atoms with E-state index in [-0.39, 0.29) is 24.3 Å². The van der Waals surface area contributed by atoms with E-state index in [2.05, 4.69) is 10.1 Å². The Balaban J connectivity index is 2.45. The second-order valence-corrected chi connectivity index (χ2v) is 4.26. The summed E-state index contributed by atoms with van der Waals surface area (Å²) in [5.41, 5.74) is 0.760. The highest BCUT2D eigenvalue weighted by Crippen LogP contribution is 2.39.